The first-order valence-corrected chi connectivity index (χ1v) is 9.26. The zero-order valence-corrected chi connectivity index (χ0v) is 14.9. The summed E-state index contributed by atoms with van der Waals surface area (Å²) in [6.07, 6.45) is 11.4. The Bertz CT molecular complexity index is 302. The van der Waals surface area contributed by atoms with Crippen molar-refractivity contribution in [1.82, 2.24) is 0 Å². The van der Waals surface area contributed by atoms with Gasteiger partial charge in [0.25, 0.3) is 0 Å². The Labute approximate surface area is 121 Å². The van der Waals surface area contributed by atoms with E-state index < -0.39 is 0 Å². The average molecular weight is 283 g/mol. The molecule has 2 nitrogen and oxygen atoms in total. The molecule has 19 heavy (non-hydrogen) atoms. The molecule has 0 amide bonds. The summed E-state index contributed by atoms with van der Waals surface area (Å²) in [4.78, 5) is 12.6. The van der Waals surface area contributed by atoms with Crippen LogP contribution in [0.25, 0.3) is 0 Å². The van der Waals surface area contributed by atoms with E-state index in [-0.39, 0.29) is 17.1 Å². The number of hydrogen-bond donors (Lipinski definition) is 0. The van der Waals surface area contributed by atoms with Crippen LogP contribution in [0.2, 0.25) is 5.04 Å². The minimum Gasteiger partial charge on any atom is -0.462 e. The van der Waals surface area contributed by atoms with Crippen molar-refractivity contribution in [1.29, 1.82) is 0 Å². The monoisotopic (exact) mass is 282 g/mol. The first kappa shape index (κ1) is 15.1. The second-order valence-electron chi connectivity index (χ2n) is 7.09. The van der Waals surface area contributed by atoms with Crippen molar-refractivity contribution in [2.24, 2.45) is 11.8 Å². The lowest BCUT2D eigenvalue weighted by molar-refractivity contribution is -0.154. The Morgan fingerprint density at radius 3 is 2.26 bits per heavy atom. The van der Waals surface area contributed by atoms with Gasteiger partial charge in [0.2, 0.25) is 0 Å². The molecule has 0 aromatic rings. The predicted molar refractivity (Wildman–Crippen MR) is 82.4 cm³/mol. The molecule has 0 spiro atoms. The van der Waals surface area contributed by atoms with Gasteiger partial charge in [-0.25, -0.2) is 0 Å². The van der Waals surface area contributed by atoms with E-state index in [0.29, 0.717) is 5.92 Å². The standard InChI is InChI=1S/C16H30O2Si/c1-3-14(12-8-4-5-9-12)16(2,19)15(17)18-13-10-6-7-11-13/h12-14H,3-11H2,1-2,19H3. The first-order chi connectivity index (χ1) is 9.05. The van der Waals surface area contributed by atoms with Gasteiger partial charge in [-0.15, -0.1) is 0 Å². The summed E-state index contributed by atoms with van der Waals surface area (Å²) in [5, 5.41) is -0.174. The molecule has 0 aromatic heterocycles. The molecule has 0 aliphatic heterocycles. The van der Waals surface area contributed by atoms with Crippen LogP contribution in [0.4, 0.5) is 0 Å². The van der Waals surface area contributed by atoms with Crippen LogP contribution in [0.3, 0.4) is 0 Å². The minimum absolute atomic E-state index is 0.116. The van der Waals surface area contributed by atoms with Crippen molar-refractivity contribution in [3.8, 4) is 0 Å². The third kappa shape index (κ3) is 3.42. The Hall–Kier alpha value is -0.313. The van der Waals surface area contributed by atoms with E-state index in [2.05, 4.69) is 13.8 Å². The topological polar surface area (TPSA) is 26.3 Å². The lowest BCUT2D eigenvalue weighted by Crippen LogP contribution is -2.36. The van der Waals surface area contributed by atoms with Crippen molar-refractivity contribution in [2.45, 2.75) is 82.8 Å². The average Bonchev–Trinajstić information content (AvgIpc) is 3.02. The maximum atomic E-state index is 12.6. The second-order valence-corrected chi connectivity index (χ2v) is 9.17. The molecular weight excluding hydrogens is 252 g/mol. The van der Waals surface area contributed by atoms with Crippen LogP contribution >= 0.6 is 0 Å². The van der Waals surface area contributed by atoms with E-state index in [1.807, 2.05) is 0 Å². The maximum Gasteiger partial charge on any atom is 0.308 e. The van der Waals surface area contributed by atoms with Crippen LogP contribution in [-0.4, -0.2) is 22.3 Å². The van der Waals surface area contributed by atoms with E-state index in [1.165, 1.54) is 38.5 Å². The van der Waals surface area contributed by atoms with Gasteiger partial charge in [0.05, 0.1) is 5.04 Å². The van der Waals surface area contributed by atoms with Crippen LogP contribution in [0.5, 0.6) is 0 Å². The molecule has 2 fully saturated rings. The molecule has 2 atom stereocenters. The Balaban J connectivity index is 1.98. The largest absolute Gasteiger partial charge is 0.462 e. The molecular formula is C16H30O2Si. The highest BCUT2D eigenvalue weighted by molar-refractivity contribution is 6.27. The van der Waals surface area contributed by atoms with E-state index in [9.17, 15) is 4.79 Å². The van der Waals surface area contributed by atoms with E-state index >= 15 is 0 Å². The number of esters is 1. The van der Waals surface area contributed by atoms with Crippen molar-refractivity contribution < 1.29 is 9.53 Å². The number of ether oxygens (including phenoxy) is 1. The van der Waals surface area contributed by atoms with Gasteiger partial charge in [-0.1, -0.05) is 46.0 Å². The third-order valence-corrected chi connectivity index (χ3v) is 6.59. The van der Waals surface area contributed by atoms with Crippen LogP contribution < -0.4 is 0 Å². The van der Waals surface area contributed by atoms with Crippen LogP contribution in [0, 0.1) is 11.8 Å². The molecule has 0 aromatic carbocycles. The highest BCUT2D eigenvalue weighted by Gasteiger charge is 2.42. The summed E-state index contributed by atoms with van der Waals surface area (Å²) in [5.41, 5.74) is 0. The van der Waals surface area contributed by atoms with Gasteiger partial charge in [0.1, 0.15) is 6.10 Å². The Kier molecular flexibility index (Phi) is 5.10. The van der Waals surface area contributed by atoms with Crippen molar-refractivity contribution in [3.05, 3.63) is 0 Å². The molecule has 0 heterocycles. The Morgan fingerprint density at radius 2 is 1.74 bits per heavy atom. The highest BCUT2D eigenvalue weighted by atomic mass is 28.1. The molecule has 2 aliphatic carbocycles. The fraction of sp³-hybridized carbons (Fsp3) is 0.938. The summed E-state index contributed by atoms with van der Waals surface area (Å²) >= 11 is 0. The summed E-state index contributed by atoms with van der Waals surface area (Å²) in [6.45, 7) is 4.42. The zero-order chi connectivity index (χ0) is 13.9. The quantitative estimate of drug-likeness (QED) is 0.571. The van der Waals surface area contributed by atoms with Crippen LogP contribution in [0.15, 0.2) is 0 Å². The molecule has 0 saturated heterocycles. The number of hydrogen-bond acceptors (Lipinski definition) is 2. The molecule has 2 aliphatic rings. The molecule has 110 valence electrons. The molecule has 3 heteroatoms. The van der Waals surface area contributed by atoms with Crippen LogP contribution in [0.1, 0.15) is 71.6 Å². The Morgan fingerprint density at radius 1 is 1.21 bits per heavy atom. The summed E-state index contributed by atoms with van der Waals surface area (Å²) in [6, 6.07) is 0. The second kappa shape index (κ2) is 6.42. The van der Waals surface area contributed by atoms with Crippen molar-refractivity contribution >= 4 is 16.2 Å². The fourth-order valence-electron chi connectivity index (χ4n) is 4.25. The van der Waals surface area contributed by atoms with Gasteiger partial charge in [-0.05, 0) is 37.5 Å². The molecule has 0 radical (unpaired) electrons. The summed E-state index contributed by atoms with van der Waals surface area (Å²) in [7, 11) is 0.916. The zero-order valence-electron chi connectivity index (χ0n) is 12.9. The SMILES string of the molecule is CCC(C1CCCC1)C(C)([SiH3])C(=O)OC1CCCC1. The predicted octanol–water partition coefficient (Wildman–Crippen LogP) is 3.23. The first-order valence-electron chi connectivity index (χ1n) is 8.26. The van der Waals surface area contributed by atoms with Gasteiger partial charge in [-0.3, -0.25) is 4.79 Å². The molecule has 0 N–H and O–H groups in total. The fourth-order valence-corrected chi connectivity index (χ4v) is 5.25. The van der Waals surface area contributed by atoms with Gasteiger partial charge in [0, 0.05) is 10.2 Å². The molecule has 2 unspecified atom stereocenters. The lowest BCUT2D eigenvalue weighted by atomic mass is 9.78. The molecule has 0 bridgehead atoms. The number of carbonyl (C=O) groups excluding carboxylic acids is 1. The van der Waals surface area contributed by atoms with Gasteiger partial charge >= 0.3 is 5.97 Å². The van der Waals surface area contributed by atoms with Crippen LogP contribution in [-0.2, 0) is 9.53 Å². The minimum atomic E-state index is -0.174. The van der Waals surface area contributed by atoms with Crippen molar-refractivity contribution in [2.75, 3.05) is 0 Å². The summed E-state index contributed by atoms with van der Waals surface area (Å²) < 4.78 is 5.81. The number of carbonyl (C=O) groups is 1. The molecule has 2 saturated carbocycles. The number of rotatable bonds is 5. The van der Waals surface area contributed by atoms with Gasteiger partial charge in [0.15, 0.2) is 0 Å². The van der Waals surface area contributed by atoms with E-state index in [4.69, 9.17) is 4.74 Å². The van der Waals surface area contributed by atoms with E-state index in [0.717, 1.165) is 35.4 Å². The van der Waals surface area contributed by atoms with Gasteiger partial charge < -0.3 is 4.74 Å². The third-order valence-electron chi connectivity index (χ3n) is 5.44. The maximum absolute atomic E-state index is 12.6. The smallest absolute Gasteiger partial charge is 0.308 e. The normalized spacial score (nSPS) is 26.4. The summed E-state index contributed by atoms with van der Waals surface area (Å²) in [5.74, 6) is 1.43. The van der Waals surface area contributed by atoms with E-state index in [1.54, 1.807) is 0 Å². The van der Waals surface area contributed by atoms with Crippen molar-refractivity contribution in [3.63, 3.8) is 0 Å². The van der Waals surface area contributed by atoms with Gasteiger partial charge in [-0.2, -0.15) is 0 Å². The highest BCUT2D eigenvalue weighted by Crippen LogP contribution is 2.46. The lowest BCUT2D eigenvalue weighted by Gasteiger charge is -2.36. The molecule has 2 rings (SSSR count).